The minimum Gasteiger partial charge on any atom is -0.289 e. The molecule has 0 amide bonds. The Bertz CT molecular complexity index is 1050. The van der Waals surface area contributed by atoms with E-state index in [9.17, 15) is 35.5 Å². The van der Waals surface area contributed by atoms with Gasteiger partial charge in [0.2, 0.25) is 0 Å². The Morgan fingerprint density at radius 1 is 0.615 bits per heavy atom. The molecule has 1 aliphatic carbocycles. The van der Waals surface area contributed by atoms with Crippen LogP contribution < -0.4 is 0 Å². The van der Waals surface area contributed by atoms with Gasteiger partial charge in [-0.2, -0.15) is 16.8 Å². The molecule has 0 saturated carbocycles. The van der Waals surface area contributed by atoms with Gasteiger partial charge in [0.25, 0.3) is 20.2 Å². The Morgan fingerprint density at radius 2 is 0.923 bits per heavy atom. The third kappa shape index (κ3) is 4.38. The van der Waals surface area contributed by atoms with E-state index in [0.29, 0.717) is 0 Å². The van der Waals surface area contributed by atoms with Gasteiger partial charge in [-0.05, 0) is 12.1 Å². The molecule has 2 aromatic rings. The van der Waals surface area contributed by atoms with Crippen molar-refractivity contribution in [2.24, 2.45) is 0 Å². The van der Waals surface area contributed by atoms with E-state index in [4.69, 9.17) is 0 Å². The van der Waals surface area contributed by atoms with Crippen LogP contribution in [-0.4, -0.2) is 140 Å². The Hall–Kier alpha value is 0.873. The zero-order valence-corrected chi connectivity index (χ0v) is 21.5. The molecular formula is C14H8K2O8S2. The normalized spacial score (nSPS) is 13.2. The molecule has 0 aliphatic heterocycles. The van der Waals surface area contributed by atoms with Crippen molar-refractivity contribution in [1.29, 1.82) is 0 Å². The van der Waals surface area contributed by atoms with E-state index < -0.39 is 52.7 Å². The van der Waals surface area contributed by atoms with Crippen LogP contribution in [0.25, 0.3) is 0 Å². The topological polar surface area (TPSA) is 143 Å². The van der Waals surface area contributed by atoms with Gasteiger partial charge in [0.1, 0.15) is 9.79 Å². The van der Waals surface area contributed by atoms with Gasteiger partial charge in [-0.25, -0.2) is 0 Å². The largest absolute Gasteiger partial charge is 0.295 e. The molecule has 0 fully saturated rings. The number of hydrogen-bond donors (Lipinski definition) is 2. The maximum atomic E-state index is 12.6. The van der Waals surface area contributed by atoms with Crippen LogP contribution in [0.2, 0.25) is 0 Å². The first-order valence-corrected chi connectivity index (χ1v) is 9.22. The first kappa shape index (κ1) is 24.9. The monoisotopic (exact) mass is 446 g/mol. The molecule has 2 radical (unpaired) electrons. The van der Waals surface area contributed by atoms with Crippen molar-refractivity contribution in [3.63, 3.8) is 0 Å². The zero-order chi connectivity index (χ0) is 17.9. The molecule has 0 spiro atoms. The van der Waals surface area contributed by atoms with Crippen molar-refractivity contribution >= 4 is 135 Å². The fourth-order valence-corrected chi connectivity index (χ4v) is 4.03. The third-order valence-electron chi connectivity index (χ3n) is 3.55. The standard InChI is InChI=1S/C14H8O8S2.2K/c15-13-7-3-1-5-9(23(17,18)19)11(7)14(16)8-4-2-6-10(12(8)13)24(20,21)22;;/h1-6H,(H,17,18,19)(H,20,21,22);;. The Kier molecular flexibility index (Phi) is 8.34. The first-order valence-electron chi connectivity index (χ1n) is 6.34. The molecule has 12 heteroatoms. The molecule has 0 bridgehead atoms. The van der Waals surface area contributed by atoms with Crippen LogP contribution >= 0.6 is 0 Å². The van der Waals surface area contributed by atoms with E-state index in [-0.39, 0.29) is 114 Å². The predicted octanol–water partition coefficient (Wildman–Crippen LogP) is 0.194. The molecule has 3 rings (SSSR count). The summed E-state index contributed by atoms with van der Waals surface area (Å²) in [6.07, 6.45) is 0. The molecule has 0 heterocycles. The summed E-state index contributed by atoms with van der Waals surface area (Å²) in [5.74, 6) is -1.89. The number of carbonyl (C=O) groups excluding carboxylic acids is 2. The summed E-state index contributed by atoms with van der Waals surface area (Å²) in [7, 11) is -9.56. The fraction of sp³-hybridized carbons (Fsp3) is 0. The molecule has 8 nitrogen and oxygen atoms in total. The molecule has 126 valence electrons. The first-order chi connectivity index (χ1) is 11.0. The Morgan fingerprint density at radius 3 is 1.19 bits per heavy atom. The number of ketones is 2. The van der Waals surface area contributed by atoms with E-state index in [1.807, 2.05) is 0 Å². The van der Waals surface area contributed by atoms with Crippen LogP contribution in [0.4, 0.5) is 0 Å². The number of carbonyl (C=O) groups is 2. The van der Waals surface area contributed by atoms with E-state index in [1.54, 1.807) is 0 Å². The third-order valence-corrected chi connectivity index (χ3v) is 5.34. The zero-order valence-electron chi connectivity index (χ0n) is 13.6. The number of fused-ring (bicyclic) bond motifs is 2. The maximum absolute atomic E-state index is 12.6. The average molecular weight is 447 g/mol. The van der Waals surface area contributed by atoms with E-state index in [1.165, 1.54) is 0 Å². The van der Waals surface area contributed by atoms with Gasteiger partial charge in [0.15, 0.2) is 11.6 Å². The van der Waals surface area contributed by atoms with Crippen LogP contribution in [-0.2, 0) is 20.2 Å². The molecular weight excluding hydrogens is 438 g/mol. The molecule has 0 saturated heterocycles. The summed E-state index contributed by atoms with van der Waals surface area (Å²) in [5.41, 5.74) is -1.83. The van der Waals surface area contributed by atoms with Crippen LogP contribution in [0, 0.1) is 0 Å². The quantitative estimate of drug-likeness (QED) is 0.420. The SMILES string of the molecule is O=C1c2cccc(S(=O)(=O)O)c2C(=O)c2cccc(S(=O)(=O)O)c21.[K].[K]. The van der Waals surface area contributed by atoms with Crippen LogP contribution in [0.1, 0.15) is 31.8 Å². The summed E-state index contributed by atoms with van der Waals surface area (Å²) in [5, 5.41) is 0. The van der Waals surface area contributed by atoms with Crippen LogP contribution in [0.3, 0.4) is 0 Å². The summed E-state index contributed by atoms with van der Waals surface area (Å²) >= 11 is 0. The van der Waals surface area contributed by atoms with Gasteiger partial charge in [-0.3, -0.25) is 18.7 Å². The molecule has 26 heavy (non-hydrogen) atoms. The van der Waals surface area contributed by atoms with Crippen LogP contribution in [0.15, 0.2) is 46.2 Å². The molecule has 2 aromatic carbocycles. The minimum atomic E-state index is -4.78. The van der Waals surface area contributed by atoms with Gasteiger partial charge >= 0.3 is 0 Å². The van der Waals surface area contributed by atoms with Crippen molar-refractivity contribution in [1.82, 2.24) is 0 Å². The minimum absolute atomic E-state index is 0. The Labute approximate surface area is 234 Å². The number of hydrogen-bond acceptors (Lipinski definition) is 6. The second-order valence-corrected chi connectivity index (χ2v) is 7.75. The molecule has 1 aliphatic rings. The summed E-state index contributed by atoms with van der Waals surface area (Å²) in [6.45, 7) is 0. The van der Waals surface area contributed by atoms with Crippen molar-refractivity contribution in [3.8, 4) is 0 Å². The number of benzene rings is 2. The van der Waals surface area contributed by atoms with Crippen molar-refractivity contribution < 1.29 is 35.5 Å². The van der Waals surface area contributed by atoms with Crippen molar-refractivity contribution in [3.05, 3.63) is 58.7 Å². The van der Waals surface area contributed by atoms with Crippen molar-refractivity contribution in [2.75, 3.05) is 0 Å². The second kappa shape index (κ2) is 8.71. The Balaban J connectivity index is 0.00000169. The van der Waals surface area contributed by atoms with E-state index in [0.717, 1.165) is 36.4 Å². The van der Waals surface area contributed by atoms with E-state index >= 15 is 0 Å². The van der Waals surface area contributed by atoms with Gasteiger partial charge in [0, 0.05) is 114 Å². The molecule has 0 atom stereocenters. The van der Waals surface area contributed by atoms with E-state index in [2.05, 4.69) is 0 Å². The maximum Gasteiger partial charge on any atom is 0.295 e. The van der Waals surface area contributed by atoms with Gasteiger partial charge in [-0.1, -0.05) is 24.3 Å². The second-order valence-electron chi connectivity index (χ2n) is 4.97. The average Bonchev–Trinajstić information content (AvgIpc) is 2.49. The molecule has 0 aromatic heterocycles. The fourth-order valence-electron chi connectivity index (χ4n) is 2.61. The summed E-state index contributed by atoms with van der Waals surface area (Å²) < 4.78 is 64.3. The van der Waals surface area contributed by atoms with Gasteiger partial charge < -0.3 is 0 Å². The van der Waals surface area contributed by atoms with Crippen LogP contribution in [0.5, 0.6) is 0 Å². The predicted molar refractivity (Wildman–Crippen MR) is 90.9 cm³/mol. The molecule has 2 N–H and O–H groups in total. The smallest absolute Gasteiger partial charge is 0.289 e. The molecule has 0 unspecified atom stereocenters. The summed E-state index contributed by atoms with van der Waals surface area (Å²) in [4.78, 5) is 23.7. The van der Waals surface area contributed by atoms with Gasteiger partial charge in [0.05, 0.1) is 11.1 Å². The van der Waals surface area contributed by atoms with Crippen molar-refractivity contribution in [2.45, 2.75) is 9.79 Å². The van der Waals surface area contributed by atoms with Gasteiger partial charge in [-0.15, -0.1) is 0 Å². The summed E-state index contributed by atoms with van der Waals surface area (Å²) in [6, 6.07) is 6.44. The number of rotatable bonds is 2.